The van der Waals surface area contributed by atoms with E-state index < -0.39 is 28.6 Å². The third kappa shape index (κ3) is 11.5. The number of carbonyl (C=O) groups is 1. The minimum Gasteiger partial charge on any atom is -0.393 e. The van der Waals surface area contributed by atoms with E-state index in [4.69, 9.17) is 9.66 Å². The van der Waals surface area contributed by atoms with Crippen LogP contribution in [0.3, 0.4) is 0 Å². The molecule has 138 valence electrons. The van der Waals surface area contributed by atoms with Gasteiger partial charge >= 0.3 is 16.4 Å². The van der Waals surface area contributed by atoms with Gasteiger partial charge in [-0.15, -0.1) is 0 Å². The van der Waals surface area contributed by atoms with Crippen LogP contribution in [0.15, 0.2) is 0 Å². The van der Waals surface area contributed by atoms with Crippen LogP contribution in [-0.4, -0.2) is 41.4 Å². The zero-order valence-corrected chi connectivity index (χ0v) is 14.7. The summed E-state index contributed by atoms with van der Waals surface area (Å²) in [5, 5.41) is 18.9. The normalized spacial score (nSPS) is 14.4. The van der Waals surface area contributed by atoms with Gasteiger partial charge < -0.3 is 14.4 Å². The molecule has 0 aromatic heterocycles. The molecule has 3 N–H and O–H groups in total. The third-order valence-corrected chi connectivity index (χ3v) is 4.13. The van der Waals surface area contributed by atoms with Crippen molar-refractivity contribution in [3.05, 3.63) is 0 Å². The maximum atomic E-state index is 11.4. The van der Waals surface area contributed by atoms with Crippen LogP contribution in [0.5, 0.6) is 0 Å². The molecule has 0 aliphatic rings. The van der Waals surface area contributed by atoms with Crippen molar-refractivity contribution in [2.24, 2.45) is 0 Å². The molecule has 0 bridgehead atoms. The fraction of sp³-hybridized carbons (Fsp3) is 0.933. The van der Waals surface area contributed by atoms with E-state index in [0.29, 0.717) is 6.42 Å². The Morgan fingerprint density at radius 1 is 0.957 bits per heavy atom. The molecular weight excluding hydrogens is 324 g/mol. The van der Waals surface area contributed by atoms with Crippen molar-refractivity contribution < 1.29 is 32.2 Å². The van der Waals surface area contributed by atoms with Gasteiger partial charge in [0.05, 0.1) is 6.61 Å². The van der Waals surface area contributed by atoms with Crippen LogP contribution in [-0.2, 0) is 19.4 Å². The van der Waals surface area contributed by atoms with E-state index >= 15 is 0 Å². The van der Waals surface area contributed by atoms with Crippen molar-refractivity contribution in [2.75, 3.05) is 6.61 Å². The Bertz CT molecular complexity index is 422. The van der Waals surface area contributed by atoms with Crippen LogP contribution in [0.25, 0.3) is 0 Å². The van der Waals surface area contributed by atoms with Gasteiger partial charge in [-0.25, -0.2) is 4.79 Å². The number of aliphatic hydroxyl groups excluding tert-OH is 1. The van der Waals surface area contributed by atoms with Crippen molar-refractivity contribution in [1.29, 1.82) is 0 Å². The van der Waals surface area contributed by atoms with Crippen molar-refractivity contribution in [2.45, 2.75) is 83.2 Å². The molecule has 1 atom stereocenters. The molecule has 0 fully saturated rings. The molecule has 23 heavy (non-hydrogen) atoms. The lowest BCUT2D eigenvalue weighted by Gasteiger charge is -2.22. The zero-order chi connectivity index (χ0) is 17.8. The van der Waals surface area contributed by atoms with Crippen LogP contribution < -0.4 is 0 Å². The highest BCUT2D eigenvalue weighted by Crippen LogP contribution is 2.19. The number of hydrogen-bond acceptors (Lipinski definition) is 6. The smallest absolute Gasteiger partial charge is 0.393 e. The Hall–Kier alpha value is -0.700. The topological polar surface area (TPSA) is 121 Å². The number of aliphatic hydroxyl groups is 2. The minimum atomic E-state index is -4.99. The highest BCUT2D eigenvalue weighted by Gasteiger charge is 2.39. The summed E-state index contributed by atoms with van der Waals surface area (Å²) in [4.78, 5) is 11.4. The van der Waals surface area contributed by atoms with Crippen LogP contribution in [0.2, 0.25) is 0 Å². The number of unbranched alkanes of at least 4 members (excludes halogenated alkanes) is 9. The molecule has 0 saturated heterocycles. The lowest BCUT2D eigenvalue weighted by atomic mass is 9.96. The Labute approximate surface area is 139 Å². The standard InChI is InChI=1S/C15H30O7S/c1-2-3-4-5-6-7-8-9-10-11-12-15(18,13-16)14(17)22-23(19,20)21/h16,18H,2-13H2,1H3,(H,19,20,21). The minimum absolute atomic E-state index is 0.117. The van der Waals surface area contributed by atoms with Gasteiger partial charge in [-0.3, -0.25) is 4.55 Å². The summed E-state index contributed by atoms with van der Waals surface area (Å²) in [6.45, 7) is 1.22. The SMILES string of the molecule is CCCCCCCCCCCCC(O)(CO)C(=O)OS(=O)(=O)O. The lowest BCUT2D eigenvalue weighted by molar-refractivity contribution is -0.160. The summed E-state index contributed by atoms with van der Waals surface area (Å²) in [6.07, 6.45) is 10.5. The predicted molar refractivity (Wildman–Crippen MR) is 86.1 cm³/mol. The van der Waals surface area contributed by atoms with Gasteiger partial charge in [0.15, 0.2) is 5.60 Å². The quantitative estimate of drug-likeness (QED) is 0.323. The first kappa shape index (κ1) is 22.3. The van der Waals surface area contributed by atoms with Gasteiger partial charge in [-0.2, -0.15) is 8.42 Å². The molecule has 0 aromatic carbocycles. The Kier molecular flexibility index (Phi) is 11.4. The number of hydrogen-bond donors (Lipinski definition) is 3. The van der Waals surface area contributed by atoms with E-state index in [1.54, 1.807) is 0 Å². The summed E-state index contributed by atoms with van der Waals surface area (Å²) in [6, 6.07) is 0. The summed E-state index contributed by atoms with van der Waals surface area (Å²) < 4.78 is 33.1. The maximum Gasteiger partial charge on any atom is 0.449 e. The second-order valence-electron chi connectivity index (χ2n) is 5.92. The van der Waals surface area contributed by atoms with E-state index in [2.05, 4.69) is 11.1 Å². The predicted octanol–water partition coefficient (Wildman–Crippen LogP) is 2.37. The average molecular weight is 354 g/mol. The van der Waals surface area contributed by atoms with E-state index in [-0.39, 0.29) is 6.42 Å². The van der Waals surface area contributed by atoms with Gasteiger partial charge in [0.25, 0.3) is 0 Å². The Morgan fingerprint density at radius 2 is 1.39 bits per heavy atom. The molecule has 0 saturated carbocycles. The van der Waals surface area contributed by atoms with Crippen LogP contribution in [0.4, 0.5) is 0 Å². The van der Waals surface area contributed by atoms with Crippen LogP contribution in [0, 0.1) is 0 Å². The summed E-state index contributed by atoms with van der Waals surface area (Å²) in [7, 11) is -4.99. The molecule has 8 heteroatoms. The third-order valence-electron chi connectivity index (χ3n) is 3.77. The highest BCUT2D eigenvalue weighted by molar-refractivity contribution is 7.81. The highest BCUT2D eigenvalue weighted by atomic mass is 32.3. The molecule has 0 amide bonds. The van der Waals surface area contributed by atoms with Crippen molar-refractivity contribution in [3.63, 3.8) is 0 Å². The van der Waals surface area contributed by atoms with Crippen LogP contribution >= 0.6 is 0 Å². The molecule has 0 spiro atoms. The largest absolute Gasteiger partial charge is 0.449 e. The number of carbonyl (C=O) groups excluding carboxylic acids is 1. The molecule has 0 heterocycles. The molecule has 0 rings (SSSR count). The fourth-order valence-corrected chi connectivity index (χ4v) is 2.67. The van der Waals surface area contributed by atoms with E-state index in [1.165, 1.54) is 32.1 Å². The summed E-state index contributed by atoms with van der Waals surface area (Å²) >= 11 is 0. The van der Waals surface area contributed by atoms with Gasteiger partial charge in [-0.1, -0.05) is 64.7 Å². The van der Waals surface area contributed by atoms with E-state index in [0.717, 1.165) is 25.7 Å². The molecular formula is C15H30O7S. The molecule has 0 aliphatic heterocycles. The van der Waals surface area contributed by atoms with Crippen molar-refractivity contribution in [3.8, 4) is 0 Å². The van der Waals surface area contributed by atoms with E-state index in [1.807, 2.05) is 0 Å². The molecule has 7 nitrogen and oxygen atoms in total. The zero-order valence-electron chi connectivity index (χ0n) is 13.9. The second-order valence-corrected chi connectivity index (χ2v) is 6.94. The first-order chi connectivity index (χ1) is 10.7. The summed E-state index contributed by atoms with van der Waals surface area (Å²) in [5.41, 5.74) is -2.30. The average Bonchev–Trinajstić information content (AvgIpc) is 2.47. The van der Waals surface area contributed by atoms with E-state index in [9.17, 15) is 18.3 Å². The van der Waals surface area contributed by atoms with Gasteiger partial charge in [-0.05, 0) is 12.8 Å². The molecule has 1 unspecified atom stereocenters. The summed E-state index contributed by atoms with van der Waals surface area (Å²) in [5.74, 6) is -1.56. The molecule has 0 aromatic rings. The van der Waals surface area contributed by atoms with Gasteiger partial charge in [0, 0.05) is 0 Å². The number of rotatable bonds is 14. The van der Waals surface area contributed by atoms with Crippen molar-refractivity contribution in [1.82, 2.24) is 0 Å². The maximum absolute atomic E-state index is 11.4. The van der Waals surface area contributed by atoms with Gasteiger partial charge in [0.1, 0.15) is 0 Å². The molecule has 0 radical (unpaired) electrons. The molecule has 0 aliphatic carbocycles. The van der Waals surface area contributed by atoms with Gasteiger partial charge in [0.2, 0.25) is 0 Å². The monoisotopic (exact) mass is 354 g/mol. The first-order valence-electron chi connectivity index (χ1n) is 8.29. The lowest BCUT2D eigenvalue weighted by Crippen LogP contribution is -2.44. The first-order valence-corrected chi connectivity index (χ1v) is 9.66. The Balaban J connectivity index is 3.85. The Morgan fingerprint density at radius 3 is 1.78 bits per heavy atom. The van der Waals surface area contributed by atoms with Crippen LogP contribution in [0.1, 0.15) is 77.6 Å². The van der Waals surface area contributed by atoms with Crippen molar-refractivity contribution >= 4 is 16.4 Å². The second kappa shape index (κ2) is 11.8. The fourth-order valence-electron chi connectivity index (χ4n) is 2.32.